The van der Waals surface area contributed by atoms with E-state index in [1.54, 1.807) is 4.90 Å². The molecule has 8 heteroatoms. The van der Waals surface area contributed by atoms with Crippen molar-refractivity contribution in [2.75, 3.05) is 11.4 Å². The Balaban J connectivity index is 2.11. The van der Waals surface area contributed by atoms with Gasteiger partial charge in [0.05, 0.1) is 5.92 Å². The lowest BCUT2D eigenvalue weighted by Crippen LogP contribution is -2.43. The Morgan fingerprint density at radius 1 is 1.40 bits per heavy atom. The van der Waals surface area contributed by atoms with Gasteiger partial charge in [0.15, 0.2) is 11.5 Å². The summed E-state index contributed by atoms with van der Waals surface area (Å²) in [5.74, 6) is -0.909. The van der Waals surface area contributed by atoms with Gasteiger partial charge in [-0.15, -0.1) is 10.2 Å². The van der Waals surface area contributed by atoms with E-state index in [0.717, 1.165) is 6.07 Å². The maximum atomic E-state index is 12.4. The van der Waals surface area contributed by atoms with Crippen LogP contribution >= 0.6 is 0 Å². The van der Waals surface area contributed by atoms with E-state index in [0.29, 0.717) is 25.2 Å². The van der Waals surface area contributed by atoms with E-state index in [1.807, 2.05) is 6.92 Å². The van der Waals surface area contributed by atoms with Crippen LogP contribution in [0, 0.1) is 5.92 Å². The lowest BCUT2D eigenvalue weighted by atomic mass is 9.92. The molecule has 1 aliphatic rings. The summed E-state index contributed by atoms with van der Waals surface area (Å²) < 4.78 is 37.2. The lowest BCUT2D eigenvalue weighted by Gasteiger charge is -2.36. The van der Waals surface area contributed by atoms with Crippen LogP contribution in [0.25, 0.3) is 0 Å². The van der Waals surface area contributed by atoms with Crippen molar-refractivity contribution in [3.8, 4) is 0 Å². The van der Waals surface area contributed by atoms with Crippen LogP contribution in [0.5, 0.6) is 0 Å². The van der Waals surface area contributed by atoms with Crippen molar-refractivity contribution in [2.24, 2.45) is 5.92 Å². The summed E-state index contributed by atoms with van der Waals surface area (Å²) in [6, 6.07) is 2.06. The minimum Gasteiger partial charge on any atom is -0.481 e. The van der Waals surface area contributed by atoms with Gasteiger partial charge in [-0.1, -0.05) is 0 Å². The van der Waals surface area contributed by atoms with Gasteiger partial charge in [0.25, 0.3) is 0 Å². The molecule has 0 bridgehead atoms. The van der Waals surface area contributed by atoms with Crippen LogP contribution < -0.4 is 4.90 Å². The van der Waals surface area contributed by atoms with Crippen LogP contribution in [0.2, 0.25) is 0 Å². The fraction of sp³-hybridized carbons (Fsp3) is 0.583. The molecule has 2 atom stereocenters. The van der Waals surface area contributed by atoms with Crippen molar-refractivity contribution in [1.82, 2.24) is 10.2 Å². The van der Waals surface area contributed by atoms with Gasteiger partial charge in [0.1, 0.15) is 0 Å². The maximum Gasteiger partial charge on any atom is 0.435 e. The van der Waals surface area contributed by atoms with Crippen molar-refractivity contribution >= 4 is 11.8 Å². The molecule has 1 saturated heterocycles. The monoisotopic (exact) mass is 289 g/mol. The number of carbonyl (C=O) groups is 1. The molecule has 0 amide bonds. The van der Waals surface area contributed by atoms with Crippen LogP contribution in [0.15, 0.2) is 12.1 Å². The van der Waals surface area contributed by atoms with E-state index in [-0.39, 0.29) is 6.04 Å². The van der Waals surface area contributed by atoms with Gasteiger partial charge in [-0.3, -0.25) is 4.79 Å². The molecule has 0 spiro atoms. The number of hydrogen-bond acceptors (Lipinski definition) is 4. The number of piperidine rings is 1. The standard InChI is InChI=1S/C12H14F3N3O2/c1-7-6-8(11(19)20)4-5-18(7)10-3-2-9(16-17-10)12(13,14)15/h2-3,7-8H,4-6H2,1H3,(H,19,20). The second kappa shape index (κ2) is 5.26. The first kappa shape index (κ1) is 14.5. The fourth-order valence-electron chi connectivity index (χ4n) is 2.37. The maximum absolute atomic E-state index is 12.4. The molecule has 2 rings (SSSR count). The van der Waals surface area contributed by atoms with Crippen LogP contribution in [0.1, 0.15) is 25.5 Å². The summed E-state index contributed by atoms with van der Waals surface area (Å²) >= 11 is 0. The number of aliphatic carboxylic acids is 1. The number of rotatable bonds is 2. The Morgan fingerprint density at radius 2 is 2.10 bits per heavy atom. The van der Waals surface area contributed by atoms with Gasteiger partial charge in [0, 0.05) is 12.6 Å². The van der Waals surface area contributed by atoms with Gasteiger partial charge in [-0.05, 0) is 31.9 Å². The van der Waals surface area contributed by atoms with Gasteiger partial charge in [0.2, 0.25) is 0 Å². The average Bonchev–Trinajstić information content (AvgIpc) is 2.37. The first-order valence-corrected chi connectivity index (χ1v) is 6.19. The van der Waals surface area contributed by atoms with E-state index < -0.39 is 23.8 Å². The van der Waals surface area contributed by atoms with E-state index >= 15 is 0 Å². The van der Waals surface area contributed by atoms with Crippen LogP contribution in [0.4, 0.5) is 19.0 Å². The van der Waals surface area contributed by atoms with E-state index in [4.69, 9.17) is 5.11 Å². The Bertz CT molecular complexity index is 490. The molecule has 0 saturated carbocycles. The number of hydrogen-bond donors (Lipinski definition) is 1. The summed E-state index contributed by atoms with van der Waals surface area (Å²) in [6.45, 7) is 2.27. The summed E-state index contributed by atoms with van der Waals surface area (Å²) in [6.07, 6.45) is -3.62. The van der Waals surface area contributed by atoms with Gasteiger partial charge >= 0.3 is 12.1 Å². The SMILES string of the molecule is CC1CC(C(=O)O)CCN1c1ccc(C(F)(F)F)nn1. The molecule has 1 N–H and O–H groups in total. The zero-order valence-electron chi connectivity index (χ0n) is 10.8. The minimum atomic E-state index is -4.51. The third-order valence-electron chi connectivity index (χ3n) is 3.46. The topological polar surface area (TPSA) is 66.3 Å². The highest BCUT2D eigenvalue weighted by Gasteiger charge is 2.34. The van der Waals surface area contributed by atoms with E-state index in [2.05, 4.69) is 10.2 Å². The lowest BCUT2D eigenvalue weighted by molar-refractivity contribution is -0.143. The zero-order valence-corrected chi connectivity index (χ0v) is 10.8. The van der Waals surface area contributed by atoms with Crippen LogP contribution in [-0.4, -0.2) is 33.9 Å². The molecule has 1 aromatic rings. The number of carboxylic acid groups (broad SMARTS) is 1. The molecule has 1 aromatic heterocycles. The number of aromatic nitrogens is 2. The average molecular weight is 289 g/mol. The van der Waals surface area contributed by atoms with Crippen molar-refractivity contribution in [2.45, 2.75) is 32.0 Å². The molecule has 0 aromatic carbocycles. The van der Waals surface area contributed by atoms with Gasteiger partial charge in [-0.25, -0.2) is 0 Å². The van der Waals surface area contributed by atoms with Crippen molar-refractivity contribution in [3.63, 3.8) is 0 Å². The molecular weight excluding hydrogens is 275 g/mol. The third kappa shape index (κ3) is 3.00. The Morgan fingerprint density at radius 3 is 2.55 bits per heavy atom. The highest BCUT2D eigenvalue weighted by molar-refractivity contribution is 5.70. The first-order valence-electron chi connectivity index (χ1n) is 6.19. The number of carboxylic acids is 1. The Hall–Kier alpha value is -1.86. The van der Waals surface area contributed by atoms with Crippen molar-refractivity contribution < 1.29 is 23.1 Å². The second-order valence-corrected chi connectivity index (χ2v) is 4.88. The normalized spacial score (nSPS) is 23.7. The quantitative estimate of drug-likeness (QED) is 0.904. The number of anilines is 1. The van der Waals surface area contributed by atoms with Crippen molar-refractivity contribution in [1.29, 1.82) is 0 Å². The largest absolute Gasteiger partial charge is 0.481 e. The van der Waals surface area contributed by atoms with Crippen molar-refractivity contribution in [3.05, 3.63) is 17.8 Å². The predicted octanol–water partition coefficient (Wildman–Crippen LogP) is 2.18. The Labute approximate surface area is 113 Å². The van der Waals surface area contributed by atoms with Crippen LogP contribution in [0.3, 0.4) is 0 Å². The third-order valence-corrected chi connectivity index (χ3v) is 3.46. The summed E-state index contributed by atoms with van der Waals surface area (Å²) in [4.78, 5) is 12.7. The smallest absolute Gasteiger partial charge is 0.435 e. The molecule has 110 valence electrons. The Kier molecular flexibility index (Phi) is 3.82. The highest BCUT2D eigenvalue weighted by Crippen LogP contribution is 2.30. The summed E-state index contributed by atoms with van der Waals surface area (Å²) in [5.41, 5.74) is -1.03. The molecule has 1 fully saturated rings. The fourth-order valence-corrected chi connectivity index (χ4v) is 2.37. The molecule has 2 unspecified atom stereocenters. The molecule has 2 heterocycles. The summed E-state index contributed by atoms with van der Waals surface area (Å²) in [7, 11) is 0. The molecule has 0 aliphatic carbocycles. The first-order chi connectivity index (χ1) is 9.29. The molecular formula is C12H14F3N3O2. The van der Waals surface area contributed by atoms with Gasteiger partial charge in [-0.2, -0.15) is 13.2 Å². The molecule has 1 aliphatic heterocycles. The number of alkyl halides is 3. The second-order valence-electron chi connectivity index (χ2n) is 4.88. The molecule has 5 nitrogen and oxygen atoms in total. The number of halogens is 3. The predicted molar refractivity (Wildman–Crippen MR) is 64.2 cm³/mol. The summed E-state index contributed by atoms with van der Waals surface area (Å²) in [5, 5.41) is 15.7. The molecule has 20 heavy (non-hydrogen) atoms. The van der Waals surface area contributed by atoms with Gasteiger partial charge < -0.3 is 10.0 Å². The van der Waals surface area contributed by atoms with Crippen LogP contribution in [-0.2, 0) is 11.0 Å². The zero-order chi connectivity index (χ0) is 14.9. The van der Waals surface area contributed by atoms with E-state index in [1.165, 1.54) is 6.07 Å². The molecule has 0 radical (unpaired) electrons. The van der Waals surface area contributed by atoms with E-state index in [9.17, 15) is 18.0 Å². The minimum absolute atomic E-state index is 0.101. The number of nitrogens with zero attached hydrogens (tertiary/aromatic N) is 3. The highest BCUT2D eigenvalue weighted by atomic mass is 19.4.